The second-order valence-corrected chi connectivity index (χ2v) is 7.53. The highest BCUT2D eigenvalue weighted by atomic mass is 16.6. The molecule has 0 bridgehead atoms. The van der Waals surface area contributed by atoms with Crippen LogP contribution >= 0.6 is 0 Å². The first-order chi connectivity index (χ1) is 11.6. The summed E-state index contributed by atoms with van der Waals surface area (Å²) in [6.45, 7) is 12.2. The lowest BCUT2D eigenvalue weighted by Crippen LogP contribution is -2.43. The summed E-state index contributed by atoms with van der Waals surface area (Å²) < 4.78 is 0. The predicted octanol–water partition coefficient (Wildman–Crippen LogP) is 3.73. The van der Waals surface area contributed by atoms with Crippen molar-refractivity contribution < 1.29 is 9.72 Å². The number of non-ortho nitro benzene ring substituents is 1. The third-order valence-corrected chi connectivity index (χ3v) is 4.13. The van der Waals surface area contributed by atoms with E-state index in [1.54, 1.807) is 12.1 Å². The second kappa shape index (κ2) is 9.51. The van der Waals surface area contributed by atoms with Gasteiger partial charge < -0.3 is 4.90 Å². The molecule has 0 N–H and O–H groups in total. The van der Waals surface area contributed by atoms with E-state index in [9.17, 15) is 14.9 Å². The van der Waals surface area contributed by atoms with Crippen LogP contribution in [0, 0.1) is 22.0 Å². The lowest BCUT2D eigenvalue weighted by atomic mass is 10.1. The van der Waals surface area contributed by atoms with Crippen molar-refractivity contribution in [2.75, 3.05) is 26.7 Å². The molecule has 0 spiro atoms. The molecule has 1 amide bonds. The number of benzene rings is 1. The van der Waals surface area contributed by atoms with E-state index in [2.05, 4.69) is 27.7 Å². The summed E-state index contributed by atoms with van der Waals surface area (Å²) in [5.74, 6) is 0.937. The minimum Gasteiger partial charge on any atom is -0.341 e. The maximum atomic E-state index is 12.7. The molecule has 0 aromatic heterocycles. The molecule has 0 radical (unpaired) electrons. The normalized spacial score (nSPS) is 12.7. The third kappa shape index (κ3) is 6.82. The fraction of sp³-hybridized carbons (Fsp3) is 0.632. The molecular weight excluding hydrogens is 318 g/mol. The number of hydrogen-bond acceptors (Lipinski definition) is 4. The quantitative estimate of drug-likeness (QED) is 0.503. The minimum absolute atomic E-state index is 0.0744. The van der Waals surface area contributed by atoms with Crippen molar-refractivity contribution in [2.24, 2.45) is 11.8 Å². The predicted molar refractivity (Wildman–Crippen MR) is 100 cm³/mol. The zero-order valence-corrected chi connectivity index (χ0v) is 16.2. The van der Waals surface area contributed by atoms with Crippen LogP contribution in [0.2, 0.25) is 0 Å². The topological polar surface area (TPSA) is 66.7 Å². The van der Waals surface area contributed by atoms with Gasteiger partial charge in [-0.05, 0) is 31.4 Å². The van der Waals surface area contributed by atoms with Crippen molar-refractivity contribution in [3.63, 3.8) is 0 Å². The molecule has 0 aliphatic carbocycles. The van der Waals surface area contributed by atoms with E-state index in [0.29, 0.717) is 18.4 Å². The van der Waals surface area contributed by atoms with Crippen molar-refractivity contribution in [3.05, 3.63) is 39.9 Å². The number of likely N-dealkylation sites (N-methyl/N-ethyl adjacent to an activating group) is 1. The first kappa shape index (κ1) is 21.1. The van der Waals surface area contributed by atoms with Gasteiger partial charge in [-0.3, -0.25) is 19.8 Å². The van der Waals surface area contributed by atoms with Gasteiger partial charge in [0.1, 0.15) is 0 Å². The lowest BCUT2D eigenvalue weighted by molar-refractivity contribution is -0.384. The number of hydrogen-bond donors (Lipinski definition) is 0. The molecule has 0 heterocycles. The Morgan fingerprint density at radius 1 is 1.12 bits per heavy atom. The first-order valence-corrected chi connectivity index (χ1v) is 8.84. The van der Waals surface area contributed by atoms with E-state index in [4.69, 9.17) is 0 Å². The highest BCUT2D eigenvalue weighted by molar-refractivity contribution is 5.78. The third-order valence-electron chi connectivity index (χ3n) is 4.13. The summed E-state index contributed by atoms with van der Waals surface area (Å²) in [5, 5.41) is 10.9. The smallest absolute Gasteiger partial charge is 0.269 e. The van der Waals surface area contributed by atoms with E-state index in [-0.39, 0.29) is 17.6 Å². The molecule has 0 unspecified atom stereocenters. The zero-order chi connectivity index (χ0) is 19.1. The SMILES string of the molecule is CC(C)CN(CC(C)C)C(=O)CN(C)[C@H](C)c1cccc([N+](=O)[O-])c1. The molecule has 0 fully saturated rings. The number of carbonyl (C=O) groups is 1. The van der Waals surface area contributed by atoms with Gasteiger partial charge in [-0.2, -0.15) is 0 Å². The summed E-state index contributed by atoms with van der Waals surface area (Å²) in [5.41, 5.74) is 0.911. The Bertz CT molecular complexity index is 577. The van der Waals surface area contributed by atoms with Gasteiger partial charge in [-0.25, -0.2) is 0 Å². The van der Waals surface area contributed by atoms with Crippen LogP contribution in [0.15, 0.2) is 24.3 Å². The van der Waals surface area contributed by atoms with Gasteiger partial charge in [0.15, 0.2) is 0 Å². The van der Waals surface area contributed by atoms with Crippen LogP contribution in [0.4, 0.5) is 5.69 Å². The largest absolute Gasteiger partial charge is 0.341 e. The minimum atomic E-state index is -0.394. The summed E-state index contributed by atoms with van der Waals surface area (Å²) >= 11 is 0. The molecule has 1 rings (SSSR count). The fourth-order valence-electron chi connectivity index (χ4n) is 2.76. The first-order valence-electron chi connectivity index (χ1n) is 8.84. The van der Waals surface area contributed by atoms with Gasteiger partial charge in [0.05, 0.1) is 11.5 Å². The van der Waals surface area contributed by atoms with Crippen LogP contribution in [0.1, 0.15) is 46.2 Å². The molecule has 140 valence electrons. The maximum Gasteiger partial charge on any atom is 0.269 e. The number of amides is 1. The Morgan fingerprint density at radius 3 is 2.16 bits per heavy atom. The molecular formula is C19H31N3O3. The van der Waals surface area contributed by atoms with Crippen LogP contribution in [0.3, 0.4) is 0 Å². The summed E-state index contributed by atoms with van der Waals surface area (Å²) in [4.78, 5) is 27.1. The van der Waals surface area contributed by atoms with Gasteiger partial charge >= 0.3 is 0 Å². The van der Waals surface area contributed by atoms with Crippen LogP contribution in [-0.2, 0) is 4.79 Å². The van der Waals surface area contributed by atoms with Crippen molar-refractivity contribution in [2.45, 2.75) is 40.7 Å². The molecule has 0 saturated carbocycles. The molecule has 0 aliphatic heterocycles. The molecule has 1 atom stereocenters. The molecule has 6 heteroatoms. The van der Waals surface area contributed by atoms with Crippen molar-refractivity contribution in [1.82, 2.24) is 9.80 Å². The van der Waals surface area contributed by atoms with Crippen LogP contribution in [0.25, 0.3) is 0 Å². The molecule has 25 heavy (non-hydrogen) atoms. The van der Waals surface area contributed by atoms with Gasteiger partial charge in [0.2, 0.25) is 5.91 Å². The standard InChI is InChI=1S/C19H31N3O3/c1-14(2)11-21(12-15(3)4)19(23)13-20(6)16(5)17-8-7-9-18(10-17)22(24)25/h7-10,14-16H,11-13H2,1-6H3/t16-/m1/s1. The van der Waals surface area contributed by atoms with Gasteiger partial charge in [-0.15, -0.1) is 0 Å². The van der Waals surface area contributed by atoms with E-state index in [0.717, 1.165) is 18.7 Å². The van der Waals surface area contributed by atoms with Crippen molar-refractivity contribution >= 4 is 11.6 Å². The zero-order valence-electron chi connectivity index (χ0n) is 16.2. The monoisotopic (exact) mass is 349 g/mol. The van der Waals surface area contributed by atoms with Crippen molar-refractivity contribution in [1.29, 1.82) is 0 Å². The van der Waals surface area contributed by atoms with Crippen molar-refractivity contribution in [3.8, 4) is 0 Å². The van der Waals surface area contributed by atoms with E-state index < -0.39 is 4.92 Å². The number of nitro groups is 1. The average molecular weight is 349 g/mol. The fourth-order valence-corrected chi connectivity index (χ4v) is 2.76. The highest BCUT2D eigenvalue weighted by Gasteiger charge is 2.21. The Balaban J connectivity index is 2.80. The average Bonchev–Trinajstić information content (AvgIpc) is 2.52. The summed E-state index contributed by atoms with van der Waals surface area (Å²) in [6, 6.07) is 6.52. The summed E-state index contributed by atoms with van der Waals surface area (Å²) in [6.07, 6.45) is 0. The molecule has 1 aromatic rings. The number of nitrogens with zero attached hydrogens (tertiary/aromatic N) is 3. The maximum absolute atomic E-state index is 12.7. The molecule has 1 aromatic carbocycles. The van der Waals surface area contributed by atoms with Gasteiger partial charge in [0.25, 0.3) is 5.69 Å². The Morgan fingerprint density at radius 2 is 1.68 bits per heavy atom. The lowest BCUT2D eigenvalue weighted by Gasteiger charge is -2.30. The number of carbonyl (C=O) groups excluding carboxylic acids is 1. The number of nitro benzene ring substituents is 1. The summed E-state index contributed by atoms with van der Waals surface area (Å²) in [7, 11) is 1.88. The molecule has 6 nitrogen and oxygen atoms in total. The van der Waals surface area contributed by atoms with E-state index in [1.807, 2.05) is 29.8 Å². The van der Waals surface area contributed by atoms with Crippen LogP contribution in [0.5, 0.6) is 0 Å². The Kier molecular flexibility index (Phi) is 8.03. The van der Waals surface area contributed by atoms with Gasteiger partial charge in [0, 0.05) is 31.3 Å². The van der Waals surface area contributed by atoms with Gasteiger partial charge in [-0.1, -0.05) is 39.8 Å². The van der Waals surface area contributed by atoms with Crippen LogP contribution in [-0.4, -0.2) is 47.3 Å². The Labute approximate surface area is 151 Å². The van der Waals surface area contributed by atoms with Crippen LogP contribution < -0.4 is 0 Å². The number of rotatable bonds is 9. The van der Waals surface area contributed by atoms with E-state index >= 15 is 0 Å². The molecule has 0 aliphatic rings. The van der Waals surface area contributed by atoms with E-state index in [1.165, 1.54) is 6.07 Å². The Hall–Kier alpha value is -1.95. The second-order valence-electron chi connectivity index (χ2n) is 7.53. The highest BCUT2D eigenvalue weighted by Crippen LogP contribution is 2.23. The molecule has 0 saturated heterocycles.